The molecule has 29 heavy (non-hydrogen) atoms. The van der Waals surface area contributed by atoms with Gasteiger partial charge < -0.3 is 10.1 Å². The lowest BCUT2D eigenvalue weighted by Crippen LogP contribution is -2.54. The zero-order valence-corrected chi connectivity index (χ0v) is 17.9. The summed E-state index contributed by atoms with van der Waals surface area (Å²) in [4.78, 5) is 37.0. The van der Waals surface area contributed by atoms with E-state index in [9.17, 15) is 14.4 Å². The van der Waals surface area contributed by atoms with Crippen molar-refractivity contribution in [3.05, 3.63) is 70.2 Å². The first-order chi connectivity index (χ1) is 13.9. The van der Waals surface area contributed by atoms with E-state index in [1.807, 2.05) is 44.2 Å². The maximum absolute atomic E-state index is 12.6. The molecule has 0 aromatic heterocycles. The number of hydrogen-bond donors (Lipinski definition) is 3. The van der Waals surface area contributed by atoms with Crippen molar-refractivity contribution in [2.45, 2.75) is 32.9 Å². The summed E-state index contributed by atoms with van der Waals surface area (Å²) < 4.78 is 5.79. The third kappa shape index (κ3) is 6.90. The second-order valence-corrected chi connectivity index (χ2v) is 7.35. The summed E-state index contributed by atoms with van der Waals surface area (Å²) in [5.74, 6) is -1.17. The Hall–Kier alpha value is -2.87. The van der Waals surface area contributed by atoms with E-state index in [1.165, 1.54) is 0 Å². The van der Waals surface area contributed by atoms with Crippen molar-refractivity contribution in [2.24, 2.45) is 5.92 Å². The number of hydrogen-bond acceptors (Lipinski definition) is 4. The van der Waals surface area contributed by atoms with Crippen LogP contribution in [0, 0.1) is 5.92 Å². The molecule has 2 aromatic carbocycles. The van der Waals surface area contributed by atoms with Crippen LogP contribution < -0.4 is 16.2 Å². The highest BCUT2D eigenvalue weighted by molar-refractivity contribution is 9.10. The van der Waals surface area contributed by atoms with E-state index in [1.54, 1.807) is 24.3 Å². The summed E-state index contributed by atoms with van der Waals surface area (Å²) in [5, 5.41) is 2.58. The average Bonchev–Trinajstić information content (AvgIpc) is 2.74. The van der Waals surface area contributed by atoms with Crippen LogP contribution in [0.2, 0.25) is 0 Å². The number of halogens is 1. The van der Waals surface area contributed by atoms with Crippen LogP contribution in [0.1, 0.15) is 36.2 Å². The molecular formula is C21H24BrN3O4. The highest BCUT2D eigenvalue weighted by atomic mass is 79.9. The van der Waals surface area contributed by atoms with Crippen LogP contribution in [0.15, 0.2) is 59.1 Å². The lowest BCUT2D eigenvalue weighted by Gasteiger charge is -2.23. The average molecular weight is 462 g/mol. The van der Waals surface area contributed by atoms with Crippen LogP contribution in [0.4, 0.5) is 4.79 Å². The second kappa shape index (κ2) is 11.2. The van der Waals surface area contributed by atoms with Crippen molar-refractivity contribution in [1.29, 1.82) is 0 Å². The summed E-state index contributed by atoms with van der Waals surface area (Å²) in [5.41, 5.74) is 5.96. The van der Waals surface area contributed by atoms with Gasteiger partial charge in [0.1, 0.15) is 12.6 Å². The minimum absolute atomic E-state index is 0.0975. The summed E-state index contributed by atoms with van der Waals surface area (Å²) in [6, 6.07) is 15.2. The van der Waals surface area contributed by atoms with Crippen molar-refractivity contribution in [3.63, 3.8) is 0 Å². The number of rotatable bonds is 7. The topological polar surface area (TPSA) is 96.5 Å². The third-order valence-electron chi connectivity index (χ3n) is 4.40. The fourth-order valence-electron chi connectivity index (χ4n) is 2.50. The molecule has 0 spiro atoms. The van der Waals surface area contributed by atoms with Gasteiger partial charge in [0.2, 0.25) is 0 Å². The number of nitrogens with one attached hydrogen (secondary N) is 3. The molecule has 0 saturated heterocycles. The van der Waals surface area contributed by atoms with Gasteiger partial charge in [0.25, 0.3) is 11.8 Å². The number of ether oxygens (including phenoxy) is 1. The quantitative estimate of drug-likeness (QED) is 0.549. The zero-order valence-electron chi connectivity index (χ0n) is 16.3. The second-order valence-electron chi connectivity index (χ2n) is 6.49. The van der Waals surface area contributed by atoms with E-state index in [0.29, 0.717) is 16.5 Å². The molecule has 0 heterocycles. The van der Waals surface area contributed by atoms with Gasteiger partial charge in [0, 0.05) is 4.47 Å². The Morgan fingerprint density at radius 2 is 1.66 bits per heavy atom. The molecular weight excluding hydrogens is 438 g/mol. The van der Waals surface area contributed by atoms with E-state index in [0.717, 1.165) is 5.56 Å². The Bertz CT molecular complexity index is 845. The van der Waals surface area contributed by atoms with Crippen molar-refractivity contribution in [2.75, 3.05) is 0 Å². The number of alkyl carbamates (subject to hydrolysis) is 1. The molecule has 2 atom stereocenters. The van der Waals surface area contributed by atoms with Crippen molar-refractivity contribution in [1.82, 2.24) is 16.2 Å². The number of amides is 3. The fourth-order valence-corrected chi connectivity index (χ4v) is 2.97. The molecule has 0 saturated carbocycles. The van der Waals surface area contributed by atoms with E-state index in [-0.39, 0.29) is 12.5 Å². The molecule has 0 aliphatic carbocycles. The Kier molecular flexibility index (Phi) is 8.67. The van der Waals surface area contributed by atoms with Gasteiger partial charge in [-0.25, -0.2) is 4.79 Å². The van der Waals surface area contributed by atoms with Gasteiger partial charge in [-0.1, -0.05) is 62.7 Å². The summed E-state index contributed by atoms with van der Waals surface area (Å²) in [7, 11) is 0. The number of carbonyl (C=O) groups is 3. The number of carbonyl (C=O) groups excluding carboxylic acids is 3. The van der Waals surface area contributed by atoms with Gasteiger partial charge in [-0.2, -0.15) is 0 Å². The molecule has 0 fully saturated rings. The Morgan fingerprint density at radius 3 is 2.31 bits per heavy atom. The Labute approximate surface area is 178 Å². The predicted molar refractivity (Wildman–Crippen MR) is 113 cm³/mol. The van der Waals surface area contributed by atoms with Crippen LogP contribution >= 0.6 is 15.9 Å². The maximum Gasteiger partial charge on any atom is 0.408 e. The first-order valence-electron chi connectivity index (χ1n) is 9.24. The molecule has 2 rings (SSSR count). The summed E-state index contributed by atoms with van der Waals surface area (Å²) in [6.07, 6.45) is -0.0543. The highest BCUT2D eigenvalue weighted by Gasteiger charge is 2.27. The molecule has 3 N–H and O–H groups in total. The third-order valence-corrected chi connectivity index (χ3v) is 5.09. The lowest BCUT2D eigenvalue weighted by molar-refractivity contribution is -0.125. The van der Waals surface area contributed by atoms with Crippen molar-refractivity contribution >= 4 is 33.8 Å². The van der Waals surface area contributed by atoms with Crippen LogP contribution in [0.25, 0.3) is 0 Å². The number of benzene rings is 2. The van der Waals surface area contributed by atoms with Crippen LogP contribution in [0.5, 0.6) is 0 Å². The molecule has 154 valence electrons. The SMILES string of the molecule is CC[C@H](C)[C@H](NC(=O)OCc1ccccc1)C(=O)NNC(=O)c1ccccc1Br. The monoisotopic (exact) mass is 461 g/mol. The van der Waals surface area contributed by atoms with E-state index in [2.05, 4.69) is 32.1 Å². The van der Waals surface area contributed by atoms with Gasteiger partial charge in [0.15, 0.2) is 0 Å². The molecule has 0 aliphatic heterocycles. The van der Waals surface area contributed by atoms with Gasteiger partial charge in [-0.15, -0.1) is 0 Å². The molecule has 7 nitrogen and oxygen atoms in total. The Morgan fingerprint density at radius 1 is 1.00 bits per heavy atom. The standard InChI is InChI=1S/C21H24BrN3O4/c1-3-14(2)18(23-21(28)29-13-15-9-5-4-6-10-15)20(27)25-24-19(26)16-11-7-8-12-17(16)22/h4-12,14,18H,3,13H2,1-2H3,(H,23,28)(H,24,26)(H,25,27)/t14-,18-/m0/s1. The van der Waals surface area contributed by atoms with Crippen molar-refractivity contribution in [3.8, 4) is 0 Å². The molecule has 3 amide bonds. The highest BCUT2D eigenvalue weighted by Crippen LogP contribution is 2.15. The maximum atomic E-state index is 12.6. The number of hydrazine groups is 1. The van der Waals surface area contributed by atoms with Crippen LogP contribution in [0.3, 0.4) is 0 Å². The van der Waals surface area contributed by atoms with Crippen LogP contribution in [-0.2, 0) is 16.1 Å². The van der Waals surface area contributed by atoms with Gasteiger partial charge >= 0.3 is 6.09 Å². The van der Waals surface area contributed by atoms with Gasteiger partial charge in [-0.3, -0.25) is 20.4 Å². The summed E-state index contributed by atoms with van der Waals surface area (Å²) in [6.45, 7) is 3.83. The lowest BCUT2D eigenvalue weighted by atomic mass is 9.99. The minimum Gasteiger partial charge on any atom is -0.445 e. The first-order valence-corrected chi connectivity index (χ1v) is 10.0. The smallest absolute Gasteiger partial charge is 0.408 e. The fraction of sp³-hybridized carbons (Fsp3) is 0.286. The zero-order chi connectivity index (χ0) is 21.2. The molecule has 0 unspecified atom stereocenters. The molecule has 8 heteroatoms. The molecule has 2 aromatic rings. The van der Waals surface area contributed by atoms with Gasteiger partial charge in [-0.05, 0) is 39.5 Å². The van der Waals surface area contributed by atoms with E-state index < -0.39 is 23.9 Å². The Balaban J connectivity index is 1.92. The largest absolute Gasteiger partial charge is 0.445 e. The minimum atomic E-state index is -0.859. The van der Waals surface area contributed by atoms with Gasteiger partial charge in [0.05, 0.1) is 5.56 Å². The van der Waals surface area contributed by atoms with E-state index in [4.69, 9.17) is 4.74 Å². The molecule has 0 radical (unpaired) electrons. The van der Waals surface area contributed by atoms with Crippen molar-refractivity contribution < 1.29 is 19.1 Å². The summed E-state index contributed by atoms with van der Waals surface area (Å²) >= 11 is 3.29. The molecule has 0 bridgehead atoms. The normalized spacial score (nSPS) is 12.4. The van der Waals surface area contributed by atoms with E-state index >= 15 is 0 Å². The predicted octanol–water partition coefficient (Wildman–Crippen LogP) is 3.55. The first kappa shape index (κ1) is 22.4. The molecule has 0 aliphatic rings. The van der Waals surface area contributed by atoms with Crippen LogP contribution in [-0.4, -0.2) is 23.9 Å².